The molecular formula is C11H13. The minimum atomic E-state index is 1.10. The van der Waals surface area contributed by atoms with Crippen LogP contribution in [-0.2, 0) is 0 Å². The van der Waals surface area contributed by atoms with E-state index in [9.17, 15) is 0 Å². The highest BCUT2D eigenvalue weighted by atomic mass is 14.0. The van der Waals surface area contributed by atoms with Crippen molar-refractivity contribution in [3.63, 3.8) is 0 Å². The maximum Gasteiger partial charge on any atom is -0.0184 e. The van der Waals surface area contributed by atoms with Crippen molar-refractivity contribution in [3.8, 4) is 0 Å². The monoisotopic (exact) mass is 145 g/mol. The smallest absolute Gasteiger partial charge is 0.0184 e. The van der Waals surface area contributed by atoms with E-state index in [4.69, 9.17) is 0 Å². The minimum Gasteiger partial charge on any atom is -0.0813 e. The zero-order chi connectivity index (χ0) is 8.10. The third-order valence-electron chi connectivity index (χ3n) is 1.68. The first-order chi connectivity index (χ1) is 5.34. The largest absolute Gasteiger partial charge is 0.0813 e. The molecule has 0 aliphatic carbocycles. The van der Waals surface area contributed by atoms with Crippen molar-refractivity contribution in [2.24, 2.45) is 0 Å². The maximum atomic E-state index is 3.00. The van der Waals surface area contributed by atoms with Crippen LogP contribution in [0.2, 0.25) is 0 Å². The Morgan fingerprint density at radius 2 is 2.09 bits per heavy atom. The number of hydrogen-bond donors (Lipinski definition) is 0. The van der Waals surface area contributed by atoms with Gasteiger partial charge in [-0.05, 0) is 30.5 Å². The second kappa shape index (κ2) is 3.97. The molecule has 0 bridgehead atoms. The molecule has 57 valence electrons. The molecule has 1 aromatic rings. The van der Waals surface area contributed by atoms with Gasteiger partial charge in [0.05, 0.1) is 0 Å². The van der Waals surface area contributed by atoms with Crippen molar-refractivity contribution in [3.05, 3.63) is 42.0 Å². The van der Waals surface area contributed by atoms with Gasteiger partial charge >= 0.3 is 0 Å². The maximum absolute atomic E-state index is 3.00. The highest BCUT2D eigenvalue weighted by Crippen LogP contribution is 2.12. The first-order valence-corrected chi connectivity index (χ1v) is 3.98. The lowest BCUT2D eigenvalue weighted by Gasteiger charge is -1.98. The fraction of sp³-hybridized carbons (Fsp3) is 0.273. The van der Waals surface area contributed by atoms with Gasteiger partial charge in [-0.2, -0.15) is 0 Å². The summed E-state index contributed by atoms with van der Waals surface area (Å²) in [6, 6.07) is 11.1. The zero-order valence-electron chi connectivity index (χ0n) is 7.09. The second-order valence-corrected chi connectivity index (χ2v) is 2.58. The molecule has 0 aromatic heterocycles. The number of hydrogen-bond acceptors (Lipinski definition) is 0. The molecule has 1 radical (unpaired) electrons. The van der Waals surface area contributed by atoms with E-state index in [0.717, 1.165) is 6.42 Å². The van der Waals surface area contributed by atoms with Gasteiger partial charge < -0.3 is 0 Å². The van der Waals surface area contributed by atoms with E-state index in [1.165, 1.54) is 11.1 Å². The molecule has 11 heavy (non-hydrogen) atoms. The van der Waals surface area contributed by atoms with Crippen molar-refractivity contribution in [1.29, 1.82) is 0 Å². The highest BCUT2D eigenvalue weighted by molar-refractivity contribution is 5.63. The van der Waals surface area contributed by atoms with E-state index in [1.54, 1.807) is 0 Å². The molecule has 0 heterocycles. The third kappa shape index (κ3) is 2.23. The Kier molecular flexibility index (Phi) is 2.91. The zero-order valence-corrected chi connectivity index (χ0v) is 7.09. The molecule has 0 spiro atoms. The Balaban J connectivity index is 2.85. The van der Waals surface area contributed by atoms with Crippen molar-refractivity contribution < 1.29 is 0 Å². The lowest BCUT2D eigenvalue weighted by Crippen LogP contribution is -1.76. The van der Waals surface area contributed by atoms with Crippen LogP contribution in [0.4, 0.5) is 0 Å². The van der Waals surface area contributed by atoms with Gasteiger partial charge in [0.1, 0.15) is 0 Å². The van der Waals surface area contributed by atoms with Crippen LogP contribution >= 0.6 is 0 Å². The van der Waals surface area contributed by atoms with Crippen molar-refractivity contribution in [2.75, 3.05) is 0 Å². The number of allylic oxidation sites excluding steroid dienone is 2. The van der Waals surface area contributed by atoms with Crippen LogP contribution in [0.1, 0.15) is 25.8 Å². The van der Waals surface area contributed by atoms with E-state index >= 15 is 0 Å². The van der Waals surface area contributed by atoms with Gasteiger partial charge in [0.25, 0.3) is 0 Å². The van der Waals surface area contributed by atoms with E-state index in [1.807, 2.05) is 12.1 Å². The van der Waals surface area contributed by atoms with Crippen LogP contribution in [-0.4, -0.2) is 0 Å². The lowest BCUT2D eigenvalue weighted by molar-refractivity contribution is 1.22. The average molecular weight is 145 g/mol. The second-order valence-electron chi connectivity index (χ2n) is 2.58. The van der Waals surface area contributed by atoms with Gasteiger partial charge in [-0.1, -0.05) is 37.3 Å². The van der Waals surface area contributed by atoms with Gasteiger partial charge in [0.2, 0.25) is 0 Å². The quantitative estimate of drug-likeness (QED) is 0.599. The molecular weight excluding hydrogens is 132 g/mol. The van der Waals surface area contributed by atoms with Crippen LogP contribution < -0.4 is 0 Å². The Labute approximate surface area is 68.6 Å². The molecule has 0 N–H and O–H groups in total. The summed E-state index contributed by atoms with van der Waals surface area (Å²) in [4.78, 5) is 0. The molecule has 0 nitrogen and oxygen atoms in total. The SMILES string of the molecule is CCC=C(C)c1cc[c]cc1. The predicted molar refractivity (Wildman–Crippen MR) is 49.2 cm³/mol. The first-order valence-electron chi connectivity index (χ1n) is 3.98. The number of rotatable bonds is 2. The van der Waals surface area contributed by atoms with Crippen molar-refractivity contribution in [1.82, 2.24) is 0 Å². The highest BCUT2D eigenvalue weighted by Gasteiger charge is 1.90. The molecule has 0 heteroatoms. The third-order valence-corrected chi connectivity index (χ3v) is 1.68. The van der Waals surface area contributed by atoms with Crippen LogP contribution in [0.5, 0.6) is 0 Å². The van der Waals surface area contributed by atoms with Gasteiger partial charge in [0, 0.05) is 0 Å². The molecule has 0 saturated carbocycles. The van der Waals surface area contributed by atoms with E-state index in [0.29, 0.717) is 0 Å². The predicted octanol–water partition coefficient (Wildman–Crippen LogP) is 3.30. The summed E-state index contributed by atoms with van der Waals surface area (Å²) in [5.41, 5.74) is 2.65. The van der Waals surface area contributed by atoms with E-state index in [-0.39, 0.29) is 0 Å². The standard InChI is InChI=1S/C11H13/c1-3-7-10(2)11-8-5-4-6-9-11/h5-9H,3H2,1-2H3. The molecule has 0 aliphatic heterocycles. The molecule has 0 fully saturated rings. The first kappa shape index (κ1) is 8.06. The van der Waals surface area contributed by atoms with Gasteiger partial charge in [-0.3, -0.25) is 0 Å². The molecule has 0 saturated heterocycles. The van der Waals surface area contributed by atoms with Gasteiger partial charge in [0.15, 0.2) is 0 Å². The summed E-state index contributed by atoms with van der Waals surface area (Å²) >= 11 is 0. The molecule has 0 aliphatic rings. The Hall–Kier alpha value is -1.04. The summed E-state index contributed by atoms with van der Waals surface area (Å²) in [6.45, 7) is 4.29. The minimum absolute atomic E-state index is 1.10. The summed E-state index contributed by atoms with van der Waals surface area (Å²) in [5.74, 6) is 0. The van der Waals surface area contributed by atoms with Gasteiger partial charge in [-0.15, -0.1) is 0 Å². The fourth-order valence-corrected chi connectivity index (χ4v) is 1.07. The van der Waals surface area contributed by atoms with E-state index < -0.39 is 0 Å². The summed E-state index contributed by atoms with van der Waals surface area (Å²) in [6.07, 6.45) is 3.33. The van der Waals surface area contributed by atoms with Crippen LogP contribution in [0.3, 0.4) is 0 Å². The Morgan fingerprint density at radius 1 is 1.45 bits per heavy atom. The fourth-order valence-electron chi connectivity index (χ4n) is 1.07. The van der Waals surface area contributed by atoms with E-state index in [2.05, 4.69) is 38.1 Å². The molecule has 0 amide bonds. The number of benzene rings is 1. The van der Waals surface area contributed by atoms with Crippen molar-refractivity contribution in [2.45, 2.75) is 20.3 Å². The van der Waals surface area contributed by atoms with Crippen LogP contribution in [0, 0.1) is 6.07 Å². The molecule has 1 rings (SSSR count). The lowest BCUT2D eigenvalue weighted by atomic mass is 10.1. The summed E-state index contributed by atoms with van der Waals surface area (Å²) < 4.78 is 0. The molecule has 1 aromatic carbocycles. The van der Waals surface area contributed by atoms with Gasteiger partial charge in [-0.25, -0.2) is 0 Å². The topological polar surface area (TPSA) is 0 Å². The average Bonchev–Trinajstić information content (AvgIpc) is 2.07. The van der Waals surface area contributed by atoms with Crippen LogP contribution in [0.25, 0.3) is 5.57 Å². The molecule has 0 atom stereocenters. The summed E-state index contributed by atoms with van der Waals surface area (Å²) in [7, 11) is 0. The normalized spacial score (nSPS) is 11.6. The van der Waals surface area contributed by atoms with Crippen molar-refractivity contribution >= 4 is 5.57 Å². The van der Waals surface area contributed by atoms with Crippen LogP contribution in [0.15, 0.2) is 30.3 Å². The summed E-state index contributed by atoms with van der Waals surface area (Å²) in [5, 5.41) is 0. The Bertz CT molecular complexity index is 231. The Morgan fingerprint density at radius 3 is 2.64 bits per heavy atom. The molecule has 0 unspecified atom stereocenters.